The highest BCUT2D eigenvalue weighted by molar-refractivity contribution is 5.80. The Morgan fingerprint density at radius 2 is 1.93 bits per heavy atom. The smallest absolute Gasteiger partial charge is 0.191 e. The van der Waals surface area contributed by atoms with Gasteiger partial charge in [0, 0.05) is 7.05 Å². The van der Waals surface area contributed by atoms with E-state index in [4.69, 9.17) is 5.73 Å². The third kappa shape index (κ3) is 1.84. The van der Waals surface area contributed by atoms with Gasteiger partial charge in [0.05, 0.1) is 12.1 Å². The molecule has 1 heterocycles. The summed E-state index contributed by atoms with van der Waals surface area (Å²) in [4.78, 5) is 6.62. The molecule has 0 amide bonds. The molecule has 0 aromatic rings. The number of likely N-dealkylation sites (N-methyl/N-ethyl adjacent to an activating group) is 1. The molecule has 1 spiro atoms. The lowest BCUT2D eigenvalue weighted by molar-refractivity contribution is 0.197. The Hall–Kier alpha value is -0.730. The van der Waals surface area contributed by atoms with Crippen LogP contribution in [0.15, 0.2) is 4.99 Å². The molecule has 86 valence electrons. The molecule has 1 unspecified atom stereocenters. The Kier molecular flexibility index (Phi) is 2.44. The van der Waals surface area contributed by atoms with Crippen molar-refractivity contribution >= 4 is 5.96 Å². The summed E-state index contributed by atoms with van der Waals surface area (Å²) in [6.45, 7) is 5.67. The van der Waals surface area contributed by atoms with Crippen molar-refractivity contribution in [1.29, 1.82) is 0 Å². The lowest BCUT2D eigenvalue weighted by Gasteiger charge is -2.36. The number of nitrogens with zero attached hydrogens (tertiary/aromatic N) is 2. The minimum Gasteiger partial charge on any atom is -0.370 e. The van der Waals surface area contributed by atoms with E-state index in [-0.39, 0.29) is 5.54 Å². The van der Waals surface area contributed by atoms with Gasteiger partial charge in [-0.3, -0.25) is 4.99 Å². The monoisotopic (exact) mass is 209 g/mol. The van der Waals surface area contributed by atoms with Crippen LogP contribution in [0.1, 0.15) is 46.0 Å². The van der Waals surface area contributed by atoms with E-state index in [2.05, 4.69) is 30.8 Å². The number of nitrogens with two attached hydrogens (primary N) is 1. The van der Waals surface area contributed by atoms with Crippen molar-refractivity contribution in [2.24, 2.45) is 16.1 Å². The van der Waals surface area contributed by atoms with Gasteiger partial charge in [0.1, 0.15) is 0 Å². The first kappa shape index (κ1) is 10.8. The molecule has 3 nitrogen and oxygen atoms in total. The molecule has 15 heavy (non-hydrogen) atoms. The Bertz CT molecular complexity index is 283. The largest absolute Gasteiger partial charge is 0.370 e. The molecule has 1 fully saturated rings. The molecule has 0 bridgehead atoms. The first-order valence-electron chi connectivity index (χ1n) is 5.99. The molecule has 0 aromatic heterocycles. The zero-order valence-corrected chi connectivity index (χ0v) is 10.2. The average Bonchev–Trinajstić information content (AvgIpc) is 2.35. The highest BCUT2D eigenvalue weighted by atomic mass is 15.3. The highest BCUT2D eigenvalue weighted by Crippen LogP contribution is 2.41. The molecule has 1 aliphatic carbocycles. The van der Waals surface area contributed by atoms with E-state index in [0.29, 0.717) is 5.41 Å². The minimum absolute atomic E-state index is 0.248. The van der Waals surface area contributed by atoms with Gasteiger partial charge in [-0.25, -0.2) is 0 Å². The van der Waals surface area contributed by atoms with Gasteiger partial charge in [0.2, 0.25) is 0 Å². The molecule has 0 radical (unpaired) electrons. The van der Waals surface area contributed by atoms with E-state index in [1.54, 1.807) is 0 Å². The van der Waals surface area contributed by atoms with Crippen LogP contribution in [0.4, 0.5) is 0 Å². The van der Waals surface area contributed by atoms with Gasteiger partial charge in [-0.15, -0.1) is 0 Å². The van der Waals surface area contributed by atoms with Crippen LogP contribution in [0.2, 0.25) is 0 Å². The van der Waals surface area contributed by atoms with Crippen molar-refractivity contribution < 1.29 is 0 Å². The molecule has 1 atom stereocenters. The van der Waals surface area contributed by atoms with Crippen molar-refractivity contribution in [2.45, 2.75) is 51.5 Å². The fourth-order valence-electron chi connectivity index (χ4n) is 2.89. The quantitative estimate of drug-likeness (QED) is 0.663. The fraction of sp³-hybridized carbons (Fsp3) is 0.917. The summed E-state index contributed by atoms with van der Waals surface area (Å²) in [5.41, 5.74) is 6.63. The average molecular weight is 209 g/mol. The number of hydrogen-bond donors (Lipinski definition) is 1. The molecule has 1 saturated carbocycles. The maximum atomic E-state index is 5.88. The fourth-order valence-corrected chi connectivity index (χ4v) is 2.89. The highest BCUT2D eigenvalue weighted by Gasteiger charge is 2.42. The minimum atomic E-state index is 0.248. The summed E-state index contributed by atoms with van der Waals surface area (Å²) in [6, 6.07) is 0. The van der Waals surface area contributed by atoms with Crippen LogP contribution < -0.4 is 5.73 Å². The van der Waals surface area contributed by atoms with E-state index < -0.39 is 0 Å². The molecule has 2 N–H and O–H groups in total. The Labute approximate surface area is 92.7 Å². The lowest BCUT2D eigenvalue weighted by atomic mass is 9.83. The number of hydrogen-bond acceptors (Lipinski definition) is 3. The maximum absolute atomic E-state index is 5.88. The van der Waals surface area contributed by atoms with Gasteiger partial charge in [-0.05, 0) is 31.1 Å². The summed E-state index contributed by atoms with van der Waals surface area (Å²) in [7, 11) is 2.10. The first-order chi connectivity index (χ1) is 6.95. The SMILES string of the molecule is CN1C(N)=NCC12CCCC(C)(C)CC2. The van der Waals surface area contributed by atoms with Crippen molar-refractivity contribution in [3.8, 4) is 0 Å². The summed E-state index contributed by atoms with van der Waals surface area (Å²) >= 11 is 0. The van der Waals surface area contributed by atoms with Crippen molar-refractivity contribution in [3.63, 3.8) is 0 Å². The van der Waals surface area contributed by atoms with Crippen LogP contribution in [0, 0.1) is 5.41 Å². The second-order valence-electron chi connectivity index (χ2n) is 5.98. The Morgan fingerprint density at radius 1 is 1.20 bits per heavy atom. The van der Waals surface area contributed by atoms with Gasteiger partial charge < -0.3 is 10.6 Å². The normalized spacial score (nSPS) is 35.4. The van der Waals surface area contributed by atoms with Crippen LogP contribution in [-0.2, 0) is 0 Å². The summed E-state index contributed by atoms with van der Waals surface area (Å²) in [5.74, 6) is 0.731. The van der Waals surface area contributed by atoms with Gasteiger partial charge in [0.15, 0.2) is 5.96 Å². The van der Waals surface area contributed by atoms with Gasteiger partial charge in [-0.2, -0.15) is 0 Å². The topological polar surface area (TPSA) is 41.6 Å². The predicted molar refractivity (Wildman–Crippen MR) is 63.8 cm³/mol. The van der Waals surface area contributed by atoms with Crippen molar-refractivity contribution in [1.82, 2.24) is 4.90 Å². The Morgan fingerprint density at radius 3 is 2.53 bits per heavy atom. The lowest BCUT2D eigenvalue weighted by Crippen LogP contribution is -2.48. The van der Waals surface area contributed by atoms with Crippen LogP contribution >= 0.6 is 0 Å². The molecule has 0 aromatic carbocycles. The molecule has 2 rings (SSSR count). The van der Waals surface area contributed by atoms with E-state index in [1.165, 1.54) is 32.1 Å². The van der Waals surface area contributed by atoms with Crippen LogP contribution in [-0.4, -0.2) is 30.0 Å². The molecule has 2 aliphatic rings. The van der Waals surface area contributed by atoms with Crippen LogP contribution in [0.25, 0.3) is 0 Å². The van der Waals surface area contributed by atoms with Crippen molar-refractivity contribution in [2.75, 3.05) is 13.6 Å². The number of aliphatic imine (C=N–C) groups is 1. The third-order valence-corrected chi connectivity index (χ3v) is 4.35. The third-order valence-electron chi connectivity index (χ3n) is 4.35. The second-order valence-corrected chi connectivity index (χ2v) is 5.98. The second kappa shape index (κ2) is 3.39. The number of guanidine groups is 1. The van der Waals surface area contributed by atoms with E-state index in [0.717, 1.165) is 12.5 Å². The molecule has 1 aliphatic heterocycles. The standard InChI is InChI=1S/C12H23N3/c1-11(2)5-4-6-12(8-7-11)9-14-10(13)15(12)3/h4-9H2,1-3H3,(H2,13,14). The Balaban J connectivity index is 2.12. The maximum Gasteiger partial charge on any atom is 0.191 e. The van der Waals surface area contributed by atoms with Crippen molar-refractivity contribution in [3.05, 3.63) is 0 Å². The number of rotatable bonds is 0. The van der Waals surface area contributed by atoms with E-state index in [9.17, 15) is 0 Å². The summed E-state index contributed by atoms with van der Waals surface area (Å²) in [6.07, 6.45) is 6.42. The van der Waals surface area contributed by atoms with E-state index in [1.807, 2.05) is 0 Å². The van der Waals surface area contributed by atoms with E-state index >= 15 is 0 Å². The molecule has 0 saturated heterocycles. The zero-order chi connectivity index (χ0) is 11.1. The van der Waals surface area contributed by atoms with Gasteiger partial charge >= 0.3 is 0 Å². The zero-order valence-electron chi connectivity index (χ0n) is 10.2. The summed E-state index contributed by atoms with van der Waals surface area (Å²) < 4.78 is 0. The van der Waals surface area contributed by atoms with Crippen LogP contribution in [0.5, 0.6) is 0 Å². The molecular formula is C12H23N3. The first-order valence-corrected chi connectivity index (χ1v) is 5.99. The molecule has 3 heteroatoms. The van der Waals surface area contributed by atoms with Gasteiger partial charge in [0.25, 0.3) is 0 Å². The van der Waals surface area contributed by atoms with Crippen LogP contribution in [0.3, 0.4) is 0 Å². The molecular weight excluding hydrogens is 186 g/mol. The summed E-state index contributed by atoms with van der Waals surface area (Å²) in [5, 5.41) is 0. The van der Waals surface area contributed by atoms with Gasteiger partial charge in [-0.1, -0.05) is 20.3 Å². The predicted octanol–water partition coefficient (Wildman–Crippen LogP) is 1.98.